The highest BCUT2D eigenvalue weighted by atomic mass is 16.5. The molecule has 0 heterocycles. The molecule has 1 aliphatic carbocycles. The van der Waals surface area contributed by atoms with Crippen molar-refractivity contribution in [2.75, 3.05) is 13.7 Å². The molecule has 26 heavy (non-hydrogen) atoms. The molecule has 144 valence electrons. The minimum absolute atomic E-state index is 0.0158. The maximum atomic E-state index is 13.1. The topological polar surface area (TPSA) is 75.6 Å². The first-order valence-corrected chi connectivity index (χ1v) is 9.53. The van der Waals surface area contributed by atoms with Crippen molar-refractivity contribution in [3.05, 3.63) is 35.9 Å². The molecule has 1 amide bonds. The number of benzene rings is 1. The van der Waals surface area contributed by atoms with Crippen LogP contribution < -0.4 is 5.32 Å². The first-order valence-electron chi connectivity index (χ1n) is 9.53. The fraction of sp³-hybridized carbons (Fsp3) is 0.619. The van der Waals surface area contributed by atoms with Gasteiger partial charge in [-0.3, -0.25) is 9.59 Å². The van der Waals surface area contributed by atoms with Crippen molar-refractivity contribution in [2.45, 2.75) is 57.9 Å². The van der Waals surface area contributed by atoms with Crippen molar-refractivity contribution in [3.63, 3.8) is 0 Å². The van der Waals surface area contributed by atoms with Gasteiger partial charge in [-0.2, -0.15) is 0 Å². The molecule has 0 spiro atoms. The number of hydrogen-bond donors (Lipinski definition) is 2. The van der Waals surface area contributed by atoms with E-state index in [2.05, 4.69) is 17.4 Å². The van der Waals surface area contributed by atoms with Gasteiger partial charge in [-0.05, 0) is 44.6 Å². The van der Waals surface area contributed by atoms with Gasteiger partial charge >= 0.3 is 5.97 Å². The Morgan fingerprint density at radius 2 is 1.88 bits per heavy atom. The van der Waals surface area contributed by atoms with Crippen LogP contribution in [-0.2, 0) is 20.7 Å². The van der Waals surface area contributed by atoms with Crippen molar-refractivity contribution < 1.29 is 19.4 Å². The Bertz CT molecular complexity index is 581. The third-order valence-electron chi connectivity index (χ3n) is 5.46. The minimum Gasteiger partial charge on any atom is -0.481 e. The van der Waals surface area contributed by atoms with Crippen LogP contribution in [0.15, 0.2) is 30.3 Å². The highest BCUT2D eigenvalue weighted by Crippen LogP contribution is 2.44. The van der Waals surface area contributed by atoms with E-state index in [-0.39, 0.29) is 11.9 Å². The highest BCUT2D eigenvalue weighted by Gasteiger charge is 2.44. The molecule has 2 unspecified atom stereocenters. The average molecular weight is 361 g/mol. The van der Waals surface area contributed by atoms with Crippen molar-refractivity contribution in [2.24, 2.45) is 11.3 Å². The molecule has 1 fully saturated rings. The number of methoxy groups -OCH3 is 1. The number of nitrogens with one attached hydrogen (secondary N) is 1. The van der Waals surface area contributed by atoms with Crippen LogP contribution in [0, 0.1) is 11.3 Å². The largest absolute Gasteiger partial charge is 0.481 e. The number of carbonyl (C=O) groups is 2. The number of hydrogen-bond acceptors (Lipinski definition) is 3. The normalized spacial score (nSPS) is 18.2. The molecule has 2 rings (SSSR count). The van der Waals surface area contributed by atoms with Crippen LogP contribution in [0.1, 0.15) is 51.0 Å². The van der Waals surface area contributed by atoms with Crippen LogP contribution >= 0.6 is 0 Å². The van der Waals surface area contributed by atoms with E-state index in [1.807, 2.05) is 25.1 Å². The molecule has 1 saturated carbocycles. The van der Waals surface area contributed by atoms with E-state index in [0.717, 1.165) is 32.1 Å². The maximum absolute atomic E-state index is 13.1. The molecule has 2 N–H and O–H groups in total. The summed E-state index contributed by atoms with van der Waals surface area (Å²) in [5, 5.41) is 12.7. The molecule has 0 aliphatic heterocycles. The SMILES string of the molecule is COCCC(CC1(C(=O)NC(C)Cc2ccccc2)CCCC1)C(=O)O. The Balaban J connectivity index is 2.02. The maximum Gasteiger partial charge on any atom is 0.306 e. The van der Waals surface area contributed by atoms with Gasteiger partial charge in [0.05, 0.1) is 11.3 Å². The molecule has 1 aliphatic rings. The first-order chi connectivity index (χ1) is 12.5. The molecule has 0 aromatic heterocycles. The van der Waals surface area contributed by atoms with Crippen LogP contribution in [0.25, 0.3) is 0 Å². The monoisotopic (exact) mass is 361 g/mol. The summed E-state index contributed by atoms with van der Waals surface area (Å²) >= 11 is 0. The zero-order chi connectivity index (χ0) is 19.0. The summed E-state index contributed by atoms with van der Waals surface area (Å²) in [5.41, 5.74) is 0.631. The summed E-state index contributed by atoms with van der Waals surface area (Å²) < 4.78 is 5.05. The fourth-order valence-electron chi connectivity index (χ4n) is 4.02. The average Bonchev–Trinajstić information content (AvgIpc) is 3.09. The van der Waals surface area contributed by atoms with Gasteiger partial charge in [0.25, 0.3) is 0 Å². The lowest BCUT2D eigenvalue weighted by molar-refractivity contribution is -0.145. The highest BCUT2D eigenvalue weighted by molar-refractivity contribution is 5.84. The van der Waals surface area contributed by atoms with Gasteiger partial charge in [0, 0.05) is 19.8 Å². The predicted molar refractivity (Wildman–Crippen MR) is 101 cm³/mol. The van der Waals surface area contributed by atoms with Crippen molar-refractivity contribution >= 4 is 11.9 Å². The quantitative estimate of drug-likeness (QED) is 0.669. The number of carboxylic acid groups (broad SMARTS) is 1. The Morgan fingerprint density at radius 3 is 2.46 bits per heavy atom. The molecule has 1 aromatic carbocycles. The molecule has 5 nitrogen and oxygen atoms in total. The fourth-order valence-corrected chi connectivity index (χ4v) is 4.02. The summed E-state index contributed by atoms with van der Waals surface area (Å²) in [6.45, 7) is 2.41. The molecule has 2 atom stereocenters. The lowest BCUT2D eigenvalue weighted by atomic mass is 9.75. The van der Waals surface area contributed by atoms with E-state index in [1.165, 1.54) is 5.56 Å². The number of carboxylic acids is 1. The van der Waals surface area contributed by atoms with Crippen LogP contribution in [0.3, 0.4) is 0 Å². The molecule has 1 aromatic rings. The van der Waals surface area contributed by atoms with Gasteiger partial charge in [-0.15, -0.1) is 0 Å². The Labute approximate surface area is 156 Å². The van der Waals surface area contributed by atoms with Crippen LogP contribution in [-0.4, -0.2) is 36.7 Å². The van der Waals surface area contributed by atoms with Gasteiger partial charge in [0.15, 0.2) is 0 Å². The predicted octanol–water partition coefficient (Wildman–Crippen LogP) is 3.42. The van der Waals surface area contributed by atoms with E-state index in [4.69, 9.17) is 4.74 Å². The van der Waals surface area contributed by atoms with Crippen molar-refractivity contribution in [1.29, 1.82) is 0 Å². The van der Waals surface area contributed by atoms with Crippen LogP contribution in [0.5, 0.6) is 0 Å². The Hall–Kier alpha value is -1.88. The van der Waals surface area contributed by atoms with Gasteiger partial charge in [-0.25, -0.2) is 0 Å². The standard InChI is InChI=1S/C21H31NO4/c1-16(14-17-8-4-3-5-9-17)22-20(25)21(11-6-7-12-21)15-18(19(23)24)10-13-26-2/h3-5,8-9,16,18H,6-7,10-15H2,1-2H3,(H,22,25)(H,23,24). The Kier molecular flexibility index (Phi) is 7.64. The second-order valence-corrected chi connectivity index (χ2v) is 7.57. The smallest absolute Gasteiger partial charge is 0.306 e. The van der Waals surface area contributed by atoms with Gasteiger partial charge in [0.1, 0.15) is 0 Å². The van der Waals surface area contributed by atoms with Gasteiger partial charge < -0.3 is 15.2 Å². The first kappa shape index (κ1) is 20.4. The third-order valence-corrected chi connectivity index (χ3v) is 5.46. The van der Waals surface area contributed by atoms with Gasteiger partial charge in [0.2, 0.25) is 5.91 Å². The summed E-state index contributed by atoms with van der Waals surface area (Å²) in [4.78, 5) is 24.7. The Morgan fingerprint density at radius 1 is 1.23 bits per heavy atom. The molecule has 0 radical (unpaired) electrons. The van der Waals surface area contributed by atoms with E-state index < -0.39 is 17.3 Å². The summed E-state index contributed by atoms with van der Waals surface area (Å²) in [7, 11) is 1.57. The third kappa shape index (κ3) is 5.56. The molecule has 0 saturated heterocycles. The summed E-state index contributed by atoms with van der Waals surface area (Å²) in [6.07, 6.45) is 5.13. The van der Waals surface area contributed by atoms with Crippen LogP contribution in [0.2, 0.25) is 0 Å². The number of rotatable bonds is 10. The van der Waals surface area contributed by atoms with E-state index in [1.54, 1.807) is 7.11 Å². The molecular weight excluding hydrogens is 330 g/mol. The van der Waals surface area contributed by atoms with Gasteiger partial charge in [-0.1, -0.05) is 43.2 Å². The zero-order valence-corrected chi connectivity index (χ0v) is 15.9. The van der Waals surface area contributed by atoms with E-state index in [9.17, 15) is 14.7 Å². The molecular formula is C21H31NO4. The minimum atomic E-state index is -0.835. The second kappa shape index (κ2) is 9.72. The number of carbonyl (C=O) groups excluding carboxylic acids is 1. The number of aliphatic carboxylic acids is 1. The van der Waals surface area contributed by atoms with Crippen molar-refractivity contribution in [3.8, 4) is 0 Å². The van der Waals surface area contributed by atoms with Crippen molar-refractivity contribution in [1.82, 2.24) is 5.32 Å². The number of amides is 1. The van der Waals surface area contributed by atoms with Crippen LogP contribution in [0.4, 0.5) is 0 Å². The van der Waals surface area contributed by atoms with E-state index in [0.29, 0.717) is 19.4 Å². The lowest BCUT2D eigenvalue weighted by Gasteiger charge is -2.32. The zero-order valence-electron chi connectivity index (χ0n) is 15.9. The molecule has 5 heteroatoms. The molecule has 0 bridgehead atoms. The van der Waals surface area contributed by atoms with E-state index >= 15 is 0 Å². The number of ether oxygens (including phenoxy) is 1. The summed E-state index contributed by atoms with van der Waals surface area (Å²) in [5.74, 6) is -1.36. The second-order valence-electron chi connectivity index (χ2n) is 7.57. The lowest BCUT2D eigenvalue weighted by Crippen LogP contribution is -2.45. The summed E-state index contributed by atoms with van der Waals surface area (Å²) in [6, 6.07) is 10.1.